The Morgan fingerprint density at radius 1 is 0.929 bits per heavy atom. The summed E-state index contributed by atoms with van der Waals surface area (Å²) in [6.45, 7) is 3.51. The third-order valence-corrected chi connectivity index (χ3v) is 5.49. The number of nitrogens with one attached hydrogen (secondary N) is 2. The van der Waals surface area contributed by atoms with Crippen LogP contribution in [0.3, 0.4) is 0 Å². The first kappa shape index (κ1) is 21.5. The van der Waals surface area contributed by atoms with Gasteiger partial charge in [0.15, 0.2) is 5.78 Å². The Morgan fingerprint density at radius 3 is 2.25 bits per heavy atom. The van der Waals surface area contributed by atoms with Gasteiger partial charge in [-0.2, -0.15) is 0 Å². The van der Waals surface area contributed by atoms with Gasteiger partial charge < -0.3 is 5.32 Å². The second-order valence-corrected chi connectivity index (χ2v) is 8.08. The first-order valence-corrected chi connectivity index (χ1v) is 10.2. The van der Waals surface area contributed by atoms with Gasteiger partial charge in [-0.25, -0.2) is 13.1 Å². The van der Waals surface area contributed by atoms with E-state index in [-0.39, 0.29) is 18.0 Å². The quantitative estimate of drug-likeness (QED) is 0.286. The zero-order valence-electron chi connectivity index (χ0n) is 15.7. The van der Waals surface area contributed by atoms with Crippen molar-refractivity contribution in [2.24, 2.45) is 0 Å². The van der Waals surface area contributed by atoms with Crippen molar-refractivity contribution >= 4 is 27.5 Å². The van der Waals surface area contributed by atoms with E-state index in [0.29, 0.717) is 5.56 Å². The number of carbonyl (C=O) groups is 3. The summed E-state index contributed by atoms with van der Waals surface area (Å²) in [7, 11) is -3.68. The zero-order chi connectivity index (χ0) is 20.7. The molecule has 2 N–H and O–H groups in total. The monoisotopic (exact) mass is 402 g/mol. The van der Waals surface area contributed by atoms with Gasteiger partial charge in [0.1, 0.15) is 0 Å². The molecule has 0 saturated heterocycles. The first-order chi connectivity index (χ1) is 13.2. The third-order valence-electron chi connectivity index (χ3n) is 4.01. The average molecular weight is 402 g/mol. The highest BCUT2D eigenvalue weighted by Gasteiger charge is 2.20. The molecule has 0 unspecified atom stereocenters. The molecule has 0 atom stereocenters. The summed E-state index contributed by atoms with van der Waals surface area (Å²) >= 11 is 0. The molecule has 148 valence electrons. The van der Waals surface area contributed by atoms with Gasteiger partial charge in [0.2, 0.25) is 15.8 Å². The Labute approximate surface area is 164 Å². The molecular formula is C20H22N2O5S. The molecule has 7 nitrogen and oxygen atoms in total. The van der Waals surface area contributed by atoms with Gasteiger partial charge in [-0.3, -0.25) is 14.4 Å². The highest BCUT2D eigenvalue weighted by atomic mass is 32.2. The van der Waals surface area contributed by atoms with Gasteiger partial charge in [0.25, 0.3) is 5.91 Å². The van der Waals surface area contributed by atoms with Gasteiger partial charge >= 0.3 is 0 Å². The van der Waals surface area contributed by atoms with Gasteiger partial charge in [-0.1, -0.05) is 42.0 Å². The van der Waals surface area contributed by atoms with E-state index >= 15 is 0 Å². The van der Waals surface area contributed by atoms with Crippen molar-refractivity contribution in [3.63, 3.8) is 0 Å². The maximum Gasteiger partial charge on any atom is 0.287 e. The van der Waals surface area contributed by atoms with Crippen LogP contribution < -0.4 is 10.0 Å². The van der Waals surface area contributed by atoms with Crippen molar-refractivity contribution in [1.82, 2.24) is 10.0 Å². The fourth-order valence-electron chi connectivity index (χ4n) is 2.59. The molecule has 1 amide bonds. The number of hydrogen-bond donors (Lipinski definition) is 2. The van der Waals surface area contributed by atoms with Crippen LogP contribution in [0.1, 0.15) is 27.9 Å². The number of carbonyl (C=O) groups excluding carboxylic acids is 3. The number of Topliss-reactive ketones (excluding diaryl/α,β-unsaturated/α-hetero) is 2. The van der Waals surface area contributed by atoms with Gasteiger partial charge in [-0.15, -0.1) is 0 Å². The maximum atomic E-state index is 12.2. The minimum Gasteiger partial charge on any atom is -0.348 e. The van der Waals surface area contributed by atoms with E-state index in [4.69, 9.17) is 0 Å². The minimum atomic E-state index is -3.68. The Bertz CT molecular complexity index is 985. The molecular weight excluding hydrogens is 380 g/mol. The SMILES string of the molecule is Cc1ccc(C(=O)CC(=O)C(=O)NCCNS(=O)(=O)c2ccccc2)c(C)c1. The van der Waals surface area contributed by atoms with Gasteiger partial charge in [0, 0.05) is 18.7 Å². The summed E-state index contributed by atoms with van der Waals surface area (Å²) in [4.78, 5) is 36.1. The van der Waals surface area contributed by atoms with Gasteiger partial charge in [-0.05, 0) is 31.5 Å². The molecule has 0 saturated carbocycles. The molecule has 0 fully saturated rings. The van der Waals surface area contributed by atoms with E-state index in [9.17, 15) is 22.8 Å². The molecule has 0 aromatic heterocycles. The predicted molar refractivity (Wildman–Crippen MR) is 105 cm³/mol. The number of rotatable bonds is 9. The first-order valence-electron chi connectivity index (χ1n) is 8.67. The summed E-state index contributed by atoms with van der Waals surface area (Å²) in [5.41, 5.74) is 2.15. The predicted octanol–water partition coefficient (Wildman–Crippen LogP) is 1.54. The normalized spacial score (nSPS) is 11.1. The fourth-order valence-corrected chi connectivity index (χ4v) is 3.64. The third kappa shape index (κ3) is 5.83. The van der Waals surface area contributed by atoms with Crippen LogP contribution in [0.5, 0.6) is 0 Å². The molecule has 0 aliphatic rings. The largest absolute Gasteiger partial charge is 0.348 e. The van der Waals surface area contributed by atoms with Crippen molar-refractivity contribution in [2.45, 2.75) is 25.2 Å². The molecule has 2 aromatic rings. The molecule has 2 aromatic carbocycles. The Balaban J connectivity index is 1.81. The van der Waals surface area contributed by atoms with E-state index in [1.54, 1.807) is 37.3 Å². The van der Waals surface area contributed by atoms with Crippen LogP contribution in [0.25, 0.3) is 0 Å². The fraction of sp³-hybridized carbons (Fsp3) is 0.250. The number of aryl methyl sites for hydroxylation is 2. The van der Waals surface area contributed by atoms with E-state index in [1.165, 1.54) is 12.1 Å². The lowest BCUT2D eigenvalue weighted by Crippen LogP contribution is -2.38. The van der Waals surface area contributed by atoms with Crippen LogP contribution in [0.15, 0.2) is 53.4 Å². The lowest BCUT2D eigenvalue weighted by molar-refractivity contribution is -0.137. The second kappa shape index (κ2) is 9.38. The number of amides is 1. The number of benzene rings is 2. The number of ketones is 2. The van der Waals surface area contributed by atoms with E-state index in [1.807, 2.05) is 13.0 Å². The van der Waals surface area contributed by atoms with Gasteiger partial charge in [0.05, 0.1) is 11.3 Å². The molecule has 0 bridgehead atoms. The molecule has 28 heavy (non-hydrogen) atoms. The van der Waals surface area contributed by atoms with Crippen LogP contribution in [-0.4, -0.2) is 39.0 Å². The lowest BCUT2D eigenvalue weighted by atomic mass is 9.99. The molecule has 2 rings (SSSR count). The van der Waals surface area contributed by atoms with E-state index < -0.39 is 33.9 Å². The maximum absolute atomic E-state index is 12.2. The van der Waals surface area contributed by atoms with Crippen molar-refractivity contribution in [3.8, 4) is 0 Å². The number of hydrogen-bond acceptors (Lipinski definition) is 5. The average Bonchev–Trinajstić information content (AvgIpc) is 2.65. The summed E-state index contributed by atoms with van der Waals surface area (Å²) < 4.78 is 26.4. The Kier molecular flexibility index (Phi) is 7.19. The van der Waals surface area contributed by atoms with Crippen LogP contribution in [-0.2, 0) is 19.6 Å². The topological polar surface area (TPSA) is 109 Å². The Morgan fingerprint density at radius 2 is 1.61 bits per heavy atom. The summed E-state index contributed by atoms with van der Waals surface area (Å²) in [6, 6.07) is 13.0. The molecule has 0 aliphatic heterocycles. The molecule has 0 heterocycles. The van der Waals surface area contributed by atoms with Crippen LogP contribution in [0.4, 0.5) is 0 Å². The molecule has 0 radical (unpaired) electrons. The smallest absolute Gasteiger partial charge is 0.287 e. The van der Waals surface area contributed by atoms with Crippen molar-refractivity contribution in [3.05, 3.63) is 65.2 Å². The Hall–Kier alpha value is -2.84. The van der Waals surface area contributed by atoms with Crippen LogP contribution in [0.2, 0.25) is 0 Å². The molecule has 8 heteroatoms. The second-order valence-electron chi connectivity index (χ2n) is 6.31. The molecule has 0 spiro atoms. The van der Waals surface area contributed by atoms with Crippen LogP contribution in [0, 0.1) is 13.8 Å². The highest BCUT2D eigenvalue weighted by Crippen LogP contribution is 2.13. The standard InChI is InChI=1S/C20H22N2O5S/c1-14-8-9-17(15(2)12-14)18(23)13-19(24)20(25)21-10-11-22-28(26,27)16-6-4-3-5-7-16/h3-9,12,22H,10-11,13H2,1-2H3,(H,21,25). The van der Waals surface area contributed by atoms with Crippen molar-refractivity contribution < 1.29 is 22.8 Å². The zero-order valence-corrected chi connectivity index (χ0v) is 16.5. The lowest BCUT2D eigenvalue weighted by Gasteiger charge is -2.08. The highest BCUT2D eigenvalue weighted by molar-refractivity contribution is 7.89. The van der Waals surface area contributed by atoms with E-state index in [0.717, 1.165) is 11.1 Å². The van der Waals surface area contributed by atoms with E-state index in [2.05, 4.69) is 10.0 Å². The summed E-state index contributed by atoms with van der Waals surface area (Å²) in [6.07, 6.45) is -0.536. The van der Waals surface area contributed by atoms with Crippen molar-refractivity contribution in [1.29, 1.82) is 0 Å². The van der Waals surface area contributed by atoms with Crippen LogP contribution >= 0.6 is 0 Å². The van der Waals surface area contributed by atoms with Crippen molar-refractivity contribution in [2.75, 3.05) is 13.1 Å². The summed E-state index contributed by atoms with van der Waals surface area (Å²) in [5, 5.41) is 2.32. The molecule has 0 aliphatic carbocycles. The number of sulfonamides is 1. The minimum absolute atomic E-state index is 0.0750. The summed E-state index contributed by atoms with van der Waals surface area (Å²) in [5.74, 6) is -2.21.